The summed E-state index contributed by atoms with van der Waals surface area (Å²) < 4.78 is 27.1. The molecule has 2 saturated carbocycles. The molecule has 1 unspecified atom stereocenters. The molecule has 2 aliphatic carbocycles. The lowest BCUT2D eigenvalue weighted by Gasteiger charge is -2.51. The van der Waals surface area contributed by atoms with Gasteiger partial charge in [0.15, 0.2) is 0 Å². The molecule has 2 atom stereocenters. The number of carbonyl (C=O) groups excluding carboxylic acids is 2. The molecule has 0 spiro atoms. The Hall–Kier alpha value is -3.67. The first kappa shape index (κ1) is 32.3. The summed E-state index contributed by atoms with van der Waals surface area (Å²) in [5.41, 5.74) is 11.3. The summed E-state index contributed by atoms with van der Waals surface area (Å²) in [5.74, 6) is -1.94. The first-order valence-electron chi connectivity index (χ1n) is 16.8. The molecule has 4 fully saturated rings. The lowest BCUT2D eigenvalue weighted by atomic mass is 9.88. The number of amides is 2. The molecule has 0 bridgehead atoms. The summed E-state index contributed by atoms with van der Waals surface area (Å²) >= 11 is 0. The summed E-state index contributed by atoms with van der Waals surface area (Å²) in [4.78, 5) is 35.4. The van der Waals surface area contributed by atoms with Gasteiger partial charge in [0.1, 0.15) is 12.0 Å². The van der Waals surface area contributed by atoms with Crippen molar-refractivity contribution in [3.8, 4) is 0 Å². The van der Waals surface area contributed by atoms with Crippen LogP contribution in [0.5, 0.6) is 0 Å². The fourth-order valence-corrected chi connectivity index (χ4v) is 7.85. The highest BCUT2D eigenvalue weighted by Crippen LogP contribution is 2.35. The van der Waals surface area contributed by atoms with E-state index in [0.29, 0.717) is 24.7 Å². The number of nitrogens with zero attached hydrogens (tertiary/aromatic N) is 6. The minimum absolute atomic E-state index is 0.0587. The highest BCUT2D eigenvalue weighted by atomic mass is 19.3. The van der Waals surface area contributed by atoms with Crippen molar-refractivity contribution >= 4 is 17.5 Å². The molecule has 46 heavy (non-hydrogen) atoms. The lowest BCUT2D eigenvalue weighted by molar-refractivity contribution is -0.142. The fourth-order valence-electron chi connectivity index (χ4n) is 7.85. The van der Waals surface area contributed by atoms with Crippen molar-refractivity contribution in [3.63, 3.8) is 0 Å². The first-order chi connectivity index (χ1) is 22.2. The van der Waals surface area contributed by atoms with Crippen molar-refractivity contribution in [2.45, 2.75) is 107 Å². The van der Waals surface area contributed by atoms with Gasteiger partial charge in [-0.25, -0.2) is 8.78 Å². The van der Waals surface area contributed by atoms with Gasteiger partial charge in [-0.3, -0.25) is 19.4 Å². The molecule has 3 heterocycles. The fraction of sp³-hybridized carbons (Fsp3) is 0.636. The van der Waals surface area contributed by atoms with Crippen molar-refractivity contribution in [2.75, 3.05) is 32.0 Å². The Balaban J connectivity index is 1.05. The second kappa shape index (κ2) is 14.0. The third-order valence-electron chi connectivity index (χ3n) is 10.5. The molecule has 1 aromatic rings. The van der Waals surface area contributed by atoms with Gasteiger partial charge in [-0.05, 0) is 80.5 Å². The Morgan fingerprint density at radius 3 is 2.39 bits per heavy atom. The molecule has 1 aromatic carbocycles. The van der Waals surface area contributed by atoms with E-state index in [4.69, 9.17) is 5.53 Å². The number of rotatable bonds is 8. The number of azide groups is 1. The van der Waals surface area contributed by atoms with Gasteiger partial charge in [0.25, 0.3) is 11.8 Å². The maximum absolute atomic E-state index is 13.6. The molecule has 3 N–H and O–H groups in total. The van der Waals surface area contributed by atoms with E-state index < -0.39 is 12.0 Å². The molecule has 0 aromatic heterocycles. The number of alkyl halides is 2. The van der Waals surface area contributed by atoms with Crippen LogP contribution < -0.4 is 16.0 Å². The average molecular weight is 638 g/mol. The van der Waals surface area contributed by atoms with E-state index in [9.17, 15) is 18.4 Å². The number of benzene rings is 1. The summed E-state index contributed by atoms with van der Waals surface area (Å²) in [5, 5.41) is 14.0. The highest BCUT2D eigenvalue weighted by Gasteiger charge is 2.46. The van der Waals surface area contributed by atoms with Gasteiger partial charge >= 0.3 is 0 Å². The number of allylic oxidation sites excluding steroid dienone is 2. The minimum Gasteiger partial charge on any atom is -0.351 e. The van der Waals surface area contributed by atoms with Crippen molar-refractivity contribution < 1.29 is 18.4 Å². The molecule has 0 radical (unpaired) electrons. The second-order valence-electron chi connectivity index (χ2n) is 13.4. The maximum atomic E-state index is 13.6. The van der Waals surface area contributed by atoms with E-state index in [1.54, 1.807) is 24.1 Å². The van der Waals surface area contributed by atoms with Crippen molar-refractivity contribution in [1.29, 1.82) is 0 Å². The van der Waals surface area contributed by atoms with Gasteiger partial charge in [0, 0.05) is 67.3 Å². The Labute approximate surface area is 269 Å². The molecule has 3 aliphatic heterocycles. The molecular formula is C33H45F2N9O2. The van der Waals surface area contributed by atoms with Crippen LogP contribution in [-0.2, 0) is 4.79 Å². The van der Waals surface area contributed by atoms with E-state index >= 15 is 0 Å². The molecule has 2 saturated heterocycles. The van der Waals surface area contributed by atoms with Crippen LogP contribution in [0.1, 0.15) is 81.0 Å². The number of anilines is 1. The zero-order valence-corrected chi connectivity index (χ0v) is 26.5. The number of dihydropyridines is 1. The van der Waals surface area contributed by atoms with Gasteiger partial charge in [-0.15, -0.1) is 0 Å². The van der Waals surface area contributed by atoms with Crippen LogP contribution >= 0.6 is 0 Å². The topological polar surface area (TPSA) is 129 Å². The van der Waals surface area contributed by atoms with Gasteiger partial charge in [0.2, 0.25) is 5.91 Å². The number of piperidine rings is 1. The monoisotopic (exact) mass is 637 g/mol. The third-order valence-corrected chi connectivity index (χ3v) is 10.5. The number of likely N-dealkylation sites (N-methyl/N-ethyl adjacent to an activating group) is 1. The van der Waals surface area contributed by atoms with Crippen LogP contribution in [-0.4, -0.2) is 89.5 Å². The number of hydrogen-bond donors (Lipinski definition) is 3. The quantitative estimate of drug-likeness (QED) is 0.201. The zero-order chi connectivity index (χ0) is 32.3. The summed E-state index contributed by atoms with van der Waals surface area (Å²) in [6, 6.07) is 7.43. The Bertz CT molecular complexity index is 1370. The smallest absolute Gasteiger partial charge is 0.251 e. The van der Waals surface area contributed by atoms with Crippen LogP contribution in [0.3, 0.4) is 0 Å². The summed E-state index contributed by atoms with van der Waals surface area (Å²) in [6.07, 6.45) is 12.4. The van der Waals surface area contributed by atoms with Crippen molar-refractivity contribution in [3.05, 3.63) is 63.9 Å². The Morgan fingerprint density at radius 1 is 1.02 bits per heavy atom. The van der Waals surface area contributed by atoms with Crippen LogP contribution in [0.15, 0.2) is 53.0 Å². The molecule has 5 aliphatic rings. The number of piperazine rings is 1. The number of fused-ring (bicyclic) bond motifs is 1. The molecule has 13 heteroatoms. The summed E-state index contributed by atoms with van der Waals surface area (Å²) in [7, 11) is 1.77. The van der Waals surface area contributed by atoms with E-state index in [1.807, 2.05) is 24.3 Å². The minimum atomic E-state index is -2.53. The van der Waals surface area contributed by atoms with Crippen LogP contribution in [0.2, 0.25) is 0 Å². The van der Waals surface area contributed by atoms with Gasteiger partial charge in [0.05, 0.1) is 18.3 Å². The first-order valence-corrected chi connectivity index (χ1v) is 16.8. The van der Waals surface area contributed by atoms with Gasteiger partial charge < -0.3 is 20.9 Å². The number of hydrogen-bond acceptors (Lipinski definition) is 7. The Morgan fingerprint density at radius 2 is 1.72 bits per heavy atom. The average Bonchev–Trinajstić information content (AvgIpc) is 3.07. The van der Waals surface area contributed by atoms with Crippen molar-refractivity contribution in [1.82, 2.24) is 25.3 Å². The van der Waals surface area contributed by atoms with E-state index in [1.165, 1.54) is 6.42 Å². The van der Waals surface area contributed by atoms with E-state index in [2.05, 4.69) is 35.8 Å². The normalized spacial score (nSPS) is 29.0. The zero-order valence-electron chi connectivity index (χ0n) is 26.5. The molecular weight excluding hydrogens is 592 g/mol. The largest absolute Gasteiger partial charge is 0.351 e. The molecule has 2 amide bonds. The van der Waals surface area contributed by atoms with E-state index in [0.717, 1.165) is 68.6 Å². The standard InChI is InChI=1S/C33H45F2N9O2/c1-42-27-15-16-29(40-30(27)44(26-5-3-2-4-6-26)28(32(42)46)21-37-41-36)38-23-9-7-22(8-10-23)31(45)39-24-11-13-25(14-12-24)43-19-17-33(34,35)18-20-43/h7-10,15-16,24-26,28,30,38,40H,2-6,11-14,17-21H2,1H3,(H,39,45)/t24?,25?,28-,30?/m1/s1. The van der Waals surface area contributed by atoms with Crippen molar-refractivity contribution in [2.24, 2.45) is 5.11 Å². The predicted octanol–water partition coefficient (Wildman–Crippen LogP) is 5.31. The third kappa shape index (κ3) is 7.16. The number of carbonyl (C=O) groups is 2. The molecule has 11 nitrogen and oxygen atoms in total. The van der Waals surface area contributed by atoms with Gasteiger partial charge in [-0.1, -0.05) is 24.4 Å². The van der Waals surface area contributed by atoms with Crippen LogP contribution in [0.25, 0.3) is 10.4 Å². The molecule has 248 valence electrons. The number of likely N-dealkylation sites (tertiary alicyclic amines) is 1. The lowest BCUT2D eigenvalue weighted by Crippen LogP contribution is -2.67. The van der Waals surface area contributed by atoms with Crippen LogP contribution in [0, 0.1) is 0 Å². The maximum Gasteiger partial charge on any atom is 0.251 e. The SMILES string of the molecule is CN1C(=O)[C@@H](CN=[N+]=[N-])N(C2CCCCC2)C2NC(Nc3ccc(C(=O)NC4CCC(N5CCC(F)(F)CC5)CC4)cc3)=CC=C21. The number of halogens is 2. The number of nitrogens with one attached hydrogen (secondary N) is 3. The summed E-state index contributed by atoms with van der Waals surface area (Å²) in [6.45, 7) is 0.985. The Kier molecular flexibility index (Phi) is 9.81. The van der Waals surface area contributed by atoms with E-state index in [-0.39, 0.29) is 49.5 Å². The second-order valence-corrected chi connectivity index (χ2v) is 13.4. The van der Waals surface area contributed by atoms with Crippen LogP contribution in [0.4, 0.5) is 14.5 Å². The molecule has 6 rings (SSSR count). The predicted molar refractivity (Wildman–Crippen MR) is 172 cm³/mol. The highest BCUT2D eigenvalue weighted by molar-refractivity contribution is 5.94. The van der Waals surface area contributed by atoms with Gasteiger partial charge in [-0.2, -0.15) is 0 Å².